The average molecular weight is 462 g/mol. The van der Waals surface area contributed by atoms with Gasteiger partial charge in [0, 0.05) is 0 Å². The molecule has 0 atom stereocenters. The number of rotatable bonds is 4. The quantitative estimate of drug-likeness (QED) is 0.487. The molecule has 0 spiro atoms. The van der Waals surface area contributed by atoms with Crippen LogP contribution in [0.2, 0.25) is 0 Å². The molecule has 0 saturated heterocycles. The fourth-order valence-electron chi connectivity index (χ4n) is 3.48. The Hall–Kier alpha value is -1.22. The van der Waals surface area contributed by atoms with Crippen molar-refractivity contribution in [3.8, 4) is 22.3 Å². The topological polar surface area (TPSA) is 0 Å². The molecule has 0 aliphatic carbocycles. The van der Waals surface area contributed by atoms with Crippen molar-refractivity contribution in [2.75, 3.05) is 0 Å². The second kappa shape index (κ2) is 8.20. The summed E-state index contributed by atoms with van der Waals surface area (Å²) in [6, 6.07) is 22.5. The van der Waals surface area contributed by atoms with Crippen molar-refractivity contribution in [2.24, 2.45) is 0 Å². The van der Waals surface area contributed by atoms with Crippen LogP contribution in [0.5, 0.6) is 0 Å². The van der Waals surface area contributed by atoms with Gasteiger partial charge in [0.1, 0.15) is 0 Å². The summed E-state index contributed by atoms with van der Waals surface area (Å²) >= 11 is 5.25. The maximum atomic E-state index is 2.62. The van der Waals surface area contributed by atoms with E-state index in [0.717, 1.165) is 0 Å². The summed E-state index contributed by atoms with van der Waals surface area (Å²) in [7, 11) is 0. The van der Waals surface area contributed by atoms with E-state index in [1.54, 1.807) is 0 Å². The van der Waals surface area contributed by atoms with Gasteiger partial charge in [0.05, 0.1) is 0 Å². The fourth-order valence-corrected chi connectivity index (χ4v) is 4.10. The molecular formula is C24H24As2. The van der Waals surface area contributed by atoms with Crippen LogP contribution in [0.1, 0.15) is 50.7 Å². The summed E-state index contributed by atoms with van der Waals surface area (Å²) in [6.07, 6.45) is 0. The van der Waals surface area contributed by atoms with Crippen molar-refractivity contribution in [1.82, 2.24) is 0 Å². The Balaban J connectivity index is 2.39. The minimum absolute atomic E-state index is 0.476. The number of hydrogen-bond donors (Lipinski definition) is 0. The standard InChI is InChI=1S/C24H24As2/c1-15(2)21-13-14-22(16(3)4)24(18-7-11-20(26)12-8-18)23(21)17-5-9-19(25)10-6-17/h5-16H,1-4H3. The third kappa shape index (κ3) is 4.03. The van der Waals surface area contributed by atoms with Gasteiger partial charge in [0.25, 0.3) is 0 Å². The Morgan fingerprint density at radius 3 is 1.08 bits per heavy atom. The SMILES string of the molecule is CC(C)c1ccc(C(C)C)c(-c2ccc([As])cc2)c1-c1ccc([As])cc1. The molecular weight excluding hydrogens is 438 g/mol. The first-order valence-corrected chi connectivity index (χ1v) is 11.0. The monoisotopic (exact) mass is 462 g/mol. The molecule has 2 heteroatoms. The summed E-state index contributed by atoms with van der Waals surface area (Å²) in [5, 5.41) is 0. The Labute approximate surface area is 175 Å². The molecule has 0 amide bonds. The van der Waals surface area contributed by atoms with Crippen LogP contribution in [0, 0.1) is 0 Å². The van der Waals surface area contributed by atoms with Crippen LogP contribution in [-0.2, 0) is 0 Å². The Bertz CT molecular complexity index is 812. The molecule has 0 fully saturated rings. The second-order valence-corrected chi connectivity index (χ2v) is 9.56. The molecule has 0 heterocycles. The molecule has 0 aliphatic heterocycles. The molecule has 0 N–H and O–H groups in total. The van der Waals surface area contributed by atoms with Gasteiger partial charge in [-0.3, -0.25) is 0 Å². The molecule has 0 unspecified atom stereocenters. The van der Waals surface area contributed by atoms with Crippen molar-refractivity contribution in [3.63, 3.8) is 0 Å². The minimum atomic E-state index is 0.476. The van der Waals surface area contributed by atoms with E-state index >= 15 is 0 Å². The first-order valence-electron chi connectivity index (χ1n) is 9.14. The Kier molecular flexibility index (Phi) is 6.16. The number of benzene rings is 3. The van der Waals surface area contributed by atoms with Gasteiger partial charge in [-0.05, 0) is 0 Å². The predicted octanol–water partition coefficient (Wildman–Crippen LogP) is 4.86. The van der Waals surface area contributed by atoms with Crippen molar-refractivity contribution in [3.05, 3.63) is 71.8 Å². The summed E-state index contributed by atoms with van der Waals surface area (Å²) in [6.45, 7) is 9.15. The van der Waals surface area contributed by atoms with Crippen LogP contribution < -0.4 is 8.70 Å². The van der Waals surface area contributed by atoms with E-state index in [1.165, 1.54) is 42.1 Å². The van der Waals surface area contributed by atoms with Gasteiger partial charge in [-0.2, -0.15) is 0 Å². The van der Waals surface area contributed by atoms with Crippen LogP contribution >= 0.6 is 0 Å². The zero-order chi connectivity index (χ0) is 18.8. The van der Waals surface area contributed by atoms with E-state index in [2.05, 4.69) is 122 Å². The van der Waals surface area contributed by atoms with E-state index in [1.807, 2.05) is 0 Å². The summed E-state index contributed by atoms with van der Waals surface area (Å²) in [5.74, 6) is 0.952. The molecule has 26 heavy (non-hydrogen) atoms. The predicted molar refractivity (Wildman–Crippen MR) is 116 cm³/mol. The molecule has 3 rings (SSSR count). The van der Waals surface area contributed by atoms with Crippen LogP contribution in [0.4, 0.5) is 0 Å². The van der Waals surface area contributed by atoms with E-state index in [4.69, 9.17) is 0 Å². The zero-order valence-corrected chi connectivity index (χ0v) is 19.6. The van der Waals surface area contributed by atoms with E-state index in [9.17, 15) is 0 Å². The Morgan fingerprint density at radius 1 is 0.500 bits per heavy atom. The van der Waals surface area contributed by atoms with Crippen molar-refractivity contribution >= 4 is 42.4 Å². The van der Waals surface area contributed by atoms with Crippen molar-refractivity contribution in [1.29, 1.82) is 0 Å². The van der Waals surface area contributed by atoms with E-state index in [-0.39, 0.29) is 0 Å². The first kappa shape index (κ1) is 19.5. The summed E-state index contributed by atoms with van der Waals surface area (Å²) in [4.78, 5) is 0. The zero-order valence-electron chi connectivity index (χ0n) is 15.8. The number of hydrogen-bond acceptors (Lipinski definition) is 0. The molecule has 3 aromatic rings. The summed E-state index contributed by atoms with van der Waals surface area (Å²) < 4.78 is 2.48. The molecule has 0 nitrogen and oxygen atoms in total. The molecule has 4 radical (unpaired) electrons. The third-order valence-corrected chi connectivity index (χ3v) is 6.08. The van der Waals surface area contributed by atoms with Gasteiger partial charge in [-0.1, -0.05) is 0 Å². The van der Waals surface area contributed by atoms with Crippen molar-refractivity contribution in [2.45, 2.75) is 39.5 Å². The normalized spacial score (nSPS) is 11.4. The van der Waals surface area contributed by atoms with Gasteiger partial charge in [-0.25, -0.2) is 0 Å². The van der Waals surface area contributed by atoms with Gasteiger partial charge >= 0.3 is 176 Å². The molecule has 0 saturated carbocycles. The van der Waals surface area contributed by atoms with Gasteiger partial charge in [-0.15, -0.1) is 0 Å². The molecule has 3 aromatic carbocycles. The van der Waals surface area contributed by atoms with Gasteiger partial charge in [0.15, 0.2) is 0 Å². The summed E-state index contributed by atoms with van der Waals surface area (Å²) in [5.41, 5.74) is 8.21. The third-order valence-electron chi connectivity index (χ3n) is 4.83. The average Bonchev–Trinajstić information content (AvgIpc) is 2.61. The first-order chi connectivity index (χ1) is 12.4. The maximum absolute atomic E-state index is 2.62. The second-order valence-electron chi connectivity index (χ2n) is 7.40. The van der Waals surface area contributed by atoms with Crippen LogP contribution in [0.25, 0.3) is 22.3 Å². The molecule has 130 valence electrons. The fraction of sp³-hybridized carbons (Fsp3) is 0.250. The van der Waals surface area contributed by atoms with Gasteiger partial charge < -0.3 is 0 Å². The van der Waals surface area contributed by atoms with E-state index in [0.29, 0.717) is 11.8 Å². The van der Waals surface area contributed by atoms with Crippen LogP contribution in [0.15, 0.2) is 60.7 Å². The Morgan fingerprint density at radius 2 is 0.808 bits per heavy atom. The molecule has 0 bridgehead atoms. The molecule has 0 aliphatic rings. The van der Waals surface area contributed by atoms with Crippen molar-refractivity contribution < 1.29 is 0 Å². The van der Waals surface area contributed by atoms with Gasteiger partial charge in [0.2, 0.25) is 0 Å². The molecule has 0 aromatic heterocycles. The van der Waals surface area contributed by atoms with Crippen LogP contribution in [0.3, 0.4) is 0 Å². The van der Waals surface area contributed by atoms with Crippen LogP contribution in [-0.4, -0.2) is 33.7 Å². The van der Waals surface area contributed by atoms with E-state index < -0.39 is 0 Å².